The third-order valence-electron chi connectivity index (χ3n) is 4.07. The first-order chi connectivity index (χ1) is 13.6. The molecule has 0 saturated heterocycles. The van der Waals surface area contributed by atoms with Gasteiger partial charge in [-0.2, -0.15) is 8.78 Å². The summed E-state index contributed by atoms with van der Waals surface area (Å²) >= 11 is 0. The number of benzene rings is 2. The van der Waals surface area contributed by atoms with E-state index >= 15 is 0 Å². The van der Waals surface area contributed by atoms with Gasteiger partial charge in [-0.25, -0.2) is 15.0 Å². The minimum absolute atomic E-state index is 0.00606. The third kappa shape index (κ3) is 3.85. The molecule has 0 radical (unpaired) electrons. The second-order valence-corrected chi connectivity index (χ2v) is 5.93. The van der Waals surface area contributed by atoms with E-state index in [0.29, 0.717) is 22.7 Å². The molecule has 0 unspecified atom stereocenters. The van der Waals surface area contributed by atoms with E-state index < -0.39 is 6.61 Å². The van der Waals surface area contributed by atoms with Crippen LogP contribution >= 0.6 is 0 Å². The molecular formula is C20H13F2N3O3. The van der Waals surface area contributed by atoms with Gasteiger partial charge in [0.15, 0.2) is 17.9 Å². The maximum atomic E-state index is 12.4. The number of Topliss-reactive ketones (excluding diaryl/α,β-unsaturated/α-hetero) is 1. The Morgan fingerprint density at radius 2 is 1.93 bits per heavy atom. The number of oxazole rings is 1. The zero-order chi connectivity index (χ0) is 19.5. The molecule has 0 fully saturated rings. The van der Waals surface area contributed by atoms with E-state index in [-0.39, 0.29) is 18.0 Å². The highest BCUT2D eigenvalue weighted by molar-refractivity contribution is 5.97. The molecule has 0 aliphatic rings. The fraction of sp³-hybridized carbons (Fsp3) is 0.100. The van der Waals surface area contributed by atoms with Gasteiger partial charge in [-0.05, 0) is 30.3 Å². The number of nitrogens with zero attached hydrogens (tertiary/aromatic N) is 3. The van der Waals surface area contributed by atoms with Gasteiger partial charge in [0.05, 0.1) is 18.1 Å². The molecule has 2 aromatic carbocycles. The number of carbonyl (C=O) groups excluding carboxylic acids is 1. The lowest BCUT2D eigenvalue weighted by atomic mass is 10.1. The van der Waals surface area contributed by atoms with Crippen LogP contribution in [0.25, 0.3) is 22.2 Å². The van der Waals surface area contributed by atoms with Gasteiger partial charge in [-0.3, -0.25) is 4.79 Å². The largest absolute Gasteiger partial charge is 0.444 e. The molecule has 8 heteroatoms. The van der Waals surface area contributed by atoms with Gasteiger partial charge in [0.25, 0.3) is 0 Å². The van der Waals surface area contributed by atoms with Crippen LogP contribution in [0.3, 0.4) is 0 Å². The van der Waals surface area contributed by atoms with Gasteiger partial charge >= 0.3 is 6.61 Å². The lowest BCUT2D eigenvalue weighted by molar-refractivity contribution is -0.0498. The number of halogens is 2. The van der Waals surface area contributed by atoms with Crippen LogP contribution in [-0.4, -0.2) is 27.3 Å². The van der Waals surface area contributed by atoms with Crippen molar-refractivity contribution in [3.63, 3.8) is 0 Å². The van der Waals surface area contributed by atoms with Crippen LogP contribution in [0.5, 0.6) is 5.75 Å². The van der Waals surface area contributed by atoms with Crippen molar-refractivity contribution in [2.45, 2.75) is 13.0 Å². The summed E-state index contributed by atoms with van der Waals surface area (Å²) in [6.45, 7) is -2.91. The van der Waals surface area contributed by atoms with E-state index in [1.165, 1.54) is 30.7 Å². The Kier molecular flexibility index (Phi) is 4.76. The molecule has 0 aliphatic heterocycles. The average molecular weight is 381 g/mol. The van der Waals surface area contributed by atoms with Crippen LogP contribution in [0.4, 0.5) is 8.78 Å². The number of carbonyl (C=O) groups is 1. The fourth-order valence-corrected chi connectivity index (χ4v) is 2.73. The minimum Gasteiger partial charge on any atom is -0.444 e. The first-order valence-corrected chi connectivity index (χ1v) is 8.31. The Hall–Kier alpha value is -3.68. The van der Waals surface area contributed by atoms with Crippen molar-refractivity contribution >= 4 is 16.7 Å². The van der Waals surface area contributed by atoms with Gasteiger partial charge in [0.2, 0.25) is 0 Å². The van der Waals surface area contributed by atoms with E-state index in [0.717, 1.165) is 10.9 Å². The molecule has 6 nitrogen and oxygen atoms in total. The van der Waals surface area contributed by atoms with E-state index in [4.69, 9.17) is 4.42 Å². The van der Waals surface area contributed by atoms with Crippen LogP contribution in [0, 0.1) is 0 Å². The highest BCUT2D eigenvalue weighted by Crippen LogP contribution is 2.23. The van der Waals surface area contributed by atoms with Crippen LogP contribution < -0.4 is 4.74 Å². The monoisotopic (exact) mass is 381 g/mol. The first-order valence-electron chi connectivity index (χ1n) is 8.31. The Morgan fingerprint density at radius 3 is 2.64 bits per heavy atom. The van der Waals surface area contributed by atoms with E-state index in [1.54, 1.807) is 12.4 Å². The van der Waals surface area contributed by atoms with Gasteiger partial charge < -0.3 is 9.15 Å². The number of ketones is 1. The summed E-state index contributed by atoms with van der Waals surface area (Å²) in [5, 5.41) is 0.827. The fourth-order valence-electron chi connectivity index (χ4n) is 2.73. The molecule has 2 aromatic heterocycles. The topological polar surface area (TPSA) is 78.1 Å². The summed E-state index contributed by atoms with van der Waals surface area (Å²) in [5.74, 6) is 0.743. The molecule has 140 valence electrons. The Labute approximate surface area is 157 Å². The lowest BCUT2D eigenvalue weighted by Gasteiger charge is -2.06. The van der Waals surface area contributed by atoms with Crippen molar-refractivity contribution in [1.29, 1.82) is 0 Å². The molecule has 0 saturated carbocycles. The minimum atomic E-state index is -2.91. The quantitative estimate of drug-likeness (QED) is 0.463. The highest BCUT2D eigenvalue weighted by atomic mass is 19.3. The van der Waals surface area contributed by atoms with E-state index in [2.05, 4.69) is 19.7 Å². The van der Waals surface area contributed by atoms with Crippen LogP contribution in [0.2, 0.25) is 0 Å². The highest BCUT2D eigenvalue weighted by Gasteiger charge is 2.12. The predicted molar refractivity (Wildman–Crippen MR) is 96.1 cm³/mol. The lowest BCUT2D eigenvalue weighted by Crippen LogP contribution is -2.07. The van der Waals surface area contributed by atoms with E-state index in [1.807, 2.05) is 18.2 Å². The second kappa shape index (κ2) is 7.51. The van der Waals surface area contributed by atoms with Crippen molar-refractivity contribution in [2.24, 2.45) is 0 Å². The average Bonchev–Trinajstić information content (AvgIpc) is 3.22. The van der Waals surface area contributed by atoms with Crippen LogP contribution in [0.1, 0.15) is 16.2 Å². The Bertz CT molecular complexity index is 1110. The molecule has 2 heterocycles. The van der Waals surface area contributed by atoms with Crippen molar-refractivity contribution in [1.82, 2.24) is 15.0 Å². The van der Waals surface area contributed by atoms with Crippen molar-refractivity contribution in [3.8, 4) is 17.1 Å². The van der Waals surface area contributed by atoms with Crippen molar-refractivity contribution < 1.29 is 22.7 Å². The number of hydrogen-bond donors (Lipinski definition) is 0. The zero-order valence-corrected chi connectivity index (χ0v) is 14.4. The Morgan fingerprint density at radius 1 is 1.11 bits per heavy atom. The Balaban J connectivity index is 1.54. The van der Waals surface area contributed by atoms with Crippen molar-refractivity contribution in [2.75, 3.05) is 0 Å². The number of rotatable bonds is 6. The predicted octanol–water partition coefficient (Wildman–Crippen LogP) is 4.31. The second-order valence-electron chi connectivity index (χ2n) is 5.93. The van der Waals surface area contributed by atoms with Gasteiger partial charge in [0, 0.05) is 22.7 Å². The van der Waals surface area contributed by atoms with E-state index in [9.17, 15) is 13.6 Å². The summed E-state index contributed by atoms with van der Waals surface area (Å²) in [4.78, 5) is 25.0. The molecule has 0 spiro atoms. The molecule has 0 aliphatic carbocycles. The number of alkyl halides is 2. The third-order valence-corrected chi connectivity index (χ3v) is 4.07. The smallest absolute Gasteiger partial charge is 0.387 e. The zero-order valence-electron chi connectivity index (χ0n) is 14.4. The summed E-state index contributed by atoms with van der Waals surface area (Å²) < 4.78 is 34.0. The molecule has 0 amide bonds. The summed E-state index contributed by atoms with van der Waals surface area (Å²) in [7, 11) is 0. The number of ether oxygens (including phenoxy) is 1. The molecule has 4 rings (SSSR count). The normalized spacial score (nSPS) is 11.1. The number of aromatic nitrogens is 3. The number of hydrogen-bond acceptors (Lipinski definition) is 6. The SMILES string of the molecule is O=C(Cc1ncc2ccc(-c3cnco3)cc2n1)c1ccc(OC(F)F)cc1. The van der Waals surface area contributed by atoms with Gasteiger partial charge in [-0.15, -0.1) is 0 Å². The standard InChI is InChI=1S/C20H13F2N3O3/c21-20(22)28-15-5-3-12(4-6-15)17(26)8-19-24-9-14-2-1-13(7-16(14)25-19)18-10-23-11-27-18/h1-7,9-11,20H,8H2. The molecule has 0 bridgehead atoms. The van der Waals surface area contributed by atoms with Gasteiger partial charge in [0.1, 0.15) is 11.6 Å². The first kappa shape index (κ1) is 17.7. The maximum absolute atomic E-state index is 12.4. The molecule has 0 N–H and O–H groups in total. The summed E-state index contributed by atoms with van der Waals surface area (Å²) in [6.07, 6.45) is 4.58. The number of fused-ring (bicyclic) bond motifs is 1. The van der Waals surface area contributed by atoms with Gasteiger partial charge in [-0.1, -0.05) is 12.1 Å². The summed E-state index contributed by atoms with van der Waals surface area (Å²) in [6, 6.07) is 11.1. The van der Waals surface area contributed by atoms with Crippen LogP contribution in [0.15, 0.2) is 65.7 Å². The van der Waals surface area contributed by atoms with Crippen molar-refractivity contribution in [3.05, 3.63) is 72.6 Å². The maximum Gasteiger partial charge on any atom is 0.387 e. The molecule has 28 heavy (non-hydrogen) atoms. The molecule has 4 aromatic rings. The molecule has 0 atom stereocenters. The molecular weight excluding hydrogens is 368 g/mol. The van der Waals surface area contributed by atoms with Crippen LogP contribution in [-0.2, 0) is 6.42 Å². The summed E-state index contributed by atoms with van der Waals surface area (Å²) in [5.41, 5.74) is 1.85.